The molecule has 7 nitrogen and oxygen atoms in total. The van der Waals surface area contributed by atoms with Crippen molar-refractivity contribution < 1.29 is 27.8 Å². The van der Waals surface area contributed by atoms with Crippen molar-refractivity contribution in [1.29, 1.82) is 0 Å². The van der Waals surface area contributed by atoms with Crippen LogP contribution < -0.4 is 10.3 Å². The van der Waals surface area contributed by atoms with Crippen molar-refractivity contribution in [2.24, 2.45) is 0 Å². The highest BCUT2D eigenvalue weighted by Crippen LogP contribution is 2.32. The van der Waals surface area contributed by atoms with Gasteiger partial charge in [0.1, 0.15) is 5.75 Å². The van der Waals surface area contributed by atoms with Gasteiger partial charge in [0.25, 0.3) is 5.56 Å². The highest BCUT2D eigenvalue weighted by molar-refractivity contribution is 5.77. The molecule has 1 aromatic heterocycles. The highest BCUT2D eigenvalue weighted by atomic mass is 19.4. The van der Waals surface area contributed by atoms with E-state index in [0.717, 1.165) is 17.7 Å². The zero-order valence-electron chi connectivity index (χ0n) is 20.3. The maximum atomic E-state index is 12.8. The predicted molar refractivity (Wildman–Crippen MR) is 131 cm³/mol. The van der Waals surface area contributed by atoms with Crippen molar-refractivity contribution in [3.8, 4) is 17.0 Å². The first-order valence-electron chi connectivity index (χ1n) is 12.0. The monoisotopic (exact) mass is 515 g/mol. The largest absolute Gasteiger partial charge is 0.573 e. The summed E-state index contributed by atoms with van der Waals surface area (Å²) in [7, 11) is 0. The number of amides is 1. The molecule has 2 aromatic carbocycles. The Morgan fingerprint density at radius 1 is 1.11 bits per heavy atom. The topological polar surface area (TPSA) is 84.7 Å². The number of carbonyl (C=O) groups is 1. The molecule has 37 heavy (non-hydrogen) atoms. The minimum Gasteiger partial charge on any atom is -0.405 e. The summed E-state index contributed by atoms with van der Waals surface area (Å²) in [4.78, 5) is 31.4. The Morgan fingerprint density at radius 3 is 2.41 bits per heavy atom. The van der Waals surface area contributed by atoms with Crippen molar-refractivity contribution in [3.63, 3.8) is 0 Å². The Bertz CT molecular complexity index is 1290. The smallest absolute Gasteiger partial charge is 0.405 e. The highest BCUT2D eigenvalue weighted by Gasteiger charge is 2.35. The molecule has 1 saturated heterocycles. The number of nitrogens with zero attached hydrogens (tertiary/aromatic N) is 3. The van der Waals surface area contributed by atoms with Crippen molar-refractivity contribution in [1.82, 2.24) is 14.5 Å². The number of ether oxygens (including phenoxy) is 1. The van der Waals surface area contributed by atoms with E-state index in [-0.39, 0.29) is 42.5 Å². The number of halogens is 3. The summed E-state index contributed by atoms with van der Waals surface area (Å²) in [6, 6.07) is 16.3. The average Bonchev–Trinajstić information content (AvgIpc) is 2.85. The zero-order valence-corrected chi connectivity index (χ0v) is 20.3. The van der Waals surface area contributed by atoms with Crippen molar-refractivity contribution in [2.75, 3.05) is 13.1 Å². The third-order valence-corrected chi connectivity index (χ3v) is 6.63. The summed E-state index contributed by atoms with van der Waals surface area (Å²) in [5, 5.41) is 11.1. The second-order valence-corrected chi connectivity index (χ2v) is 9.41. The molecule has 10 heteroatoms. The number of likely N-dealkylation sites (tertiary alicyclic amines) is 1. The Labute approximate surface area is 212 Å². The molecule has 1 fully saturated rings. The van der Waals surface area contributed by atoms with Crippen LogP contribution in [0.2, 0.25) is 0 Å². The fourth-order valence-electron chi connectivity index (χ4n) is 4.52. The lowest BCUT2D eigenvalue weighted by Gasteiger charge is -2.38. The van der Waals surface area contributed by atoms with Gasteiger partial charge in [0.2, 0.25) is 5.91 Å². The molecule has 1 aliphatic rings. The maximum absolute atomic E-state index is 12.8. The van der Waals surface area contributed by atoms with E-state index in [4.69, 9.17) is 0 Å². The molecular formula is C27H28F3N3O4. The van der Waals surface area contributed by atoms with E-state index in [1.807, 2.05) is 37.3 Å². The fourth-order valence-corrected chi connectivity index (χ4v) is 4.52. The number of hydrogen-bond donors (Lipinski definition) is 1. The number of alkyl halides is 3. The number of aliphatic hydroxyl groups is 1. The molecule has 0 radical (unpaired) electrons. The van der Waals surface area contributed by atoms with E-state index in [1.54, 1.807) is 4.90 Å². The second-order valence-electron chi connectivity index (χ2n) is 9.41. The molecule has 0 aliphatic carbocycles. The standard InChI is InChI=1S/C27H28F3N3O4/c1-19(20-7-3-2-4-8-20)15-24(34)32-13-11-26(36,12-14-32)17-33-18-31-22(16-25(33)35)21-9-5-6-10-23(21)37-27(28,29)30/h2-10,16,18-19,36H,11-15,17H2,1H3/t19-/m1/s1. The Balaban J connectivity index is 1.39. The minimum absolute atomic E-state index is 0.0151. The molecule has 0 saturated carbocycles. The van der Waals surface area contributed by atoms with Crippen LogP contribution in [0.1, 0.15) is 37.7 Å². The molecule has 1 aliphatic heterocycles. The molecule has 4 rings (SSSR count). The summed E-state index contributed by atoms with van der Waals surface area (Å²) in [6.45, 7) is 2.69. The quantitative estimate of drug-likeness (QED) is 0.506. The third kappa shape index (κ3) is 6.76. The van der Waals surface area contributed by atoms with Gasteiger partial charge < -0.3 is 14.7 Å². The normalized spacial score (nSPS) is 16.3. The van der Waals surface area contributed by atoms with E-state index in [0.29, 0.717) is 19.5 Å². The molecule has 3 aromatic rings. The van der Waals surface area contributed by atoms with E-state index in [1.165, 1.54) is 29.1 Å². The Hall–Kier alpha value is -3.66. The lowest BCUT2D eigenvalue weighted by atomic mass is 9.90. The van der Waals surface area contributed by atoms with Gasteiger partial charge in [-0.05, 0) is 36.5 Å². The van der Waals surface area contributed by atoms with Gasteiger partial charge in [0.05, 0.1) is 24.2 Å². The second kappa shape index (κ2) is 10.8. The molecule has 0 spiro atoms. The third-order valence-electron chi connectivity index (χ3n) is 6.63. The summed E-state index contributed by atoms with van der Waals surface area (Å²) in [5.41, 5.74) is -0.588. The van der Waals surface area contributed by atoms with Crippen LogP contribution in [-0.2, 0) is 11.3 Å². The molecule has 1 N–H and O–H groups in total. The first-order chi connectivity index (χ1) is 17.5. The number of piperidine rings is 1. The van der Waals surface area contributed by atoms with Gasteiger partial charge in [0, 0.05) is 31.1 Å². The van der Waals surface area contributed by atoms with Crippen molar-refractivity contribution >= 4 is 5.91 Å². The maximum Gasteiger partial charge on any atom is 0.573 e. The molecule has 0 unspecified atom stereocenters. The summed E-state index contributed by atoms with van der Waals surface area (Å²) in [5.74, 6) is -0.373. The van der Waals surface area contributed by atoms with Gasteiger partial charge >= 0.3 is 6.36 Å². The first kappa shape index (κ1) is 26.4. The van der Waals surface area contributed by atoms with E-state index in [2.05, 4.69) is 9.72 Å². The van der Waals surface area contributed by atoms with Gasteiger partial charge in [-0.25, -0.2) is 4.98 Å². The zero-order chi connectivity index (χ0) is 26.6. The number of aromatic nitrogens is 2. The van der Waals surface area contributed by atoms with Crippen LogP contribution in [0.15, 0.2) is 71.8 Å². The fraction of sp³-hybridized carbons (Fsp3) is 0.370. The number of hydrogen-bond acceptors (Lipinski definition) is 5. The number of benzene rings is 2. The lowest BCUT2D eigenvalue weighted by molar-refractivity contribution is -0.274. The lowest BCUT2D eigenvalue weighted by Crippen LogP contribution is -2.49. The summed E-state index contributed by atoms with van der Waals surface area (Å²) < 4.78 is 43.5. The first-order valence-corrected chi connectivity index (χ1v) is 12.0. The molecule has 1 atom stereocenters. The molecule has 1 amide bonds. The average molecular weight is 516 g/mol. The van der Waals surface area contributed by atoms with E-state index < -0.39 is 23.3 Å². The molecule has 2 heterocycles. The van der Waals surface area contributed by atoms with Gasteiger partial charge in [-0.1, -0.05) is 49.4 Å². The molecular weight excluding hydrogens is 487 g/mol. The van der Waals surface area contributed by atoms with Crippen molar-refractivity contribution in [3.05, 3.63) is 82.9 Å². The van der Waals surface area contributed by atoms with Crippen LogP contribution in [0.5, 0.6) is 5.75 Å². The van der Waals surface area contributed by atoms with E-state index in [9.17, 15) is 27.9 Å². The Kier molecular flexibility index (Phi) is 7.68. The van der Waals surface area contributed by atoms with Crippen LogP contribution in [0.4, 0.5) is 13.2 Å². The van der Waals surface area contributed by atoms with Gasteiger partial charge in [-0.3, -0.25) is 14.2 Å². The van der Waals surface area contributed by atoms with Crippen LogP contribution in [0, 0.1) is 0 Å². The predicted octanol–water partition coefficient (Wildman–Crippen LogP) is 4.36. The number of para-hydroxylation sites is 1. The Morgan fingerprint density at radius 2 is 1.76 bits per heavy atom. The van der Waals surface area contributed by atoms with E-state index >= 15 is 0 Å². The molecule has 0 bridgehead atoms. The number of carbonyl (C=O) groups excluding carboxylic acids is 1. The summed E-state index contributed by atoms with van der Waals surface area (Å²) >= 11 is 0. The van der Waals surface area contributed by atoms with Gasteiger partial charge in [-0.15, -0.1) is 13.2 Å². The van der Waals surface area contributed by atoms with Crippen molar-refractivity contribution in [2.45, 2.75) is 50.6 Å². The number of rotatable bonds is 7. The van der Waals surface area contributed by atoms with Crippen LogP contribution in [0.25, 0.3) is 11.3 Å². The van der Waals surface area contributed by atoms with Gasteiger partial charge in [-0.2, -0.15) is 0 Å². The van der Waals surface area contributed by atoms with Gasteiger partial charge in [0.15, 0.2) is 0 Å². The minimum atomic E-state index is -4.88. The van der Waals surface area contributed by atoms with Crippen LogP contribution >= 0.6 is 0 Å². The molecule has 196 valence electrons. The SMILES string of the molecule is C[C@H](CC(=O)N1CCC(O)(Cn2cnc(-c3ccccc3OC(F)(F)F)cc2=O)CC1)c1ccccc1. The summed E-state index contributed by atoms with van der Waals surface area (Å²) in [6.07, 6.45) is -2.74. The van der Waals surface area contributed by atoms with Crippen LogP contribution in [-0.4, -0.2) is 50.5 Å². The van der Waals surface area contributed by atoms with Crippen LogP contribution in [0.3, 0.4) is 0 Å².